The Morgan fingerprint density at radius 3 is 2.52 bits per heavy atom. The Balaban J connectivity index is 2.13. The van der Waals surface area contributed by atoms with Gasteiger partial charge in [-0.1, -0.05) is 32.0 Å². The zero-order chi connectivity index (χ0) is 14.8. The van der Waals surface area contributed by atoms with Crippen LogP contribution in [0.2, 0.25) is 0 Å². The van der Waals surface area contributed by atoms with E-state index in [9.17, 15) is 4.39 Å². The highest BCUT2D eigenvalue weighted by Gasteiger charge is 2.15. The first kappa shape index (κ1) is 13.4. The van der Waals surface area contributed by atoms with Gasteiger partial charge in [-0.05, 0) is 30.2 Å². The lowest BCUT2D eigenvalue weighted by molar-refractivity contribution is 0.619. The molecule has 0 saturated heterocycles. The van der Waals surface area contributed by atoms with Crippen LogP contribution in [0.3, 0.4) is 0 Å². The summed E-state index contributed by atoms with van der Waals surface area (Å²) in [5, 5.41) is 8.50. The molecule has 5 heteroatoms. The topological polar surface area (TPSA) is 42.0 Å². The summed E-state index contributed by atoms with van der Waals surface area (Å²) in [5.41, 5.74) is 2.22. The third kappa shape index (κ3) is 2.67. The average Bonchev–Trinajstić information content (AvgIpc) is 2.84. The van der Waals surface area contributed by atoms with E-state index in [1.165, 1.54) is 12.3 Å². The number of aromatic nitrogens is 2. The van der Waals surface area contributed by atoms with Crippen LogP contribution < -0.4 is 0 Å². The number of nitrogens with zero attached hydrogens (tertiary/aromatic N) is 4. The molecule has 1 aromatic carbocycles. The first-order chi connectivity index (χ1) is 10.1. The third-order valence-electron chi connectivity index (χ3n) is 3.15. The van der Waals surface area contributed by atoms with Crippen LogP contribution in [0.15, 0.2) is 58.9 Å². The Bertz CT molecular complexity index is 791. The SMILES string of the molecule is CC(C)c1nc2ccc(F)cn2c1N=Nc1ccccc1. The smallest absolute Gasteiger partial charge is 0.183 e. The summed E-state index contributed by atoms with van der Waals surface area (Å²) in [6, 6.07) is 12.5. The van der Waals surface area contributed by atoms with E-state index in [0.717, 1.165) is 11.4 Å². The molecule has 2 heterocycles. The van der Waals surface area contributed by atoms with E-state index in [0.29, 0.717) is 11.5 Å². The fraction of sp³-hybridized carbons (Fsp3) is 0.188. The molecular weight excluding hydrogens is 267 g/mol. The molecule has 0 aliphatic heterocycles. The van der Waals surface area contributed by atoms with Crippen molar-refractivity contribution in [2.75, 3.05) is 0 Å². The summed E-state index contributed by atoms with van der Waals surface area (Å²) in [5.74, 6) is 0.424. The van der Waals surface area contributed by atoms with Gasteiger partial charge in [-0.2, -0.15) is 0 Å². The van der Waals surface area contributed by atoms with Gasteiger partial charge in [-0.15, -0.1) is 10.2 Å². The van der Waals surface area contributed by atoms with E-state index in [1.807, 2.05) is 44.2 Å². The molecule has 0 aliphatic rings. The van der Waals surface area contributed by atoms with Crippen molar-refractivity contribution < 1.29 is 4.39 Å². The fourth-order valence-corrected chi connectivity index (χ4v) is 2.11. The van der Waals surface area contributed by atoms with Gasteiger partial charge < -0.3 is 0 Å². The van der Waals surface area contributed by atoms with Crippen LogP contribution in [-0.4, -0.2) is 9.38 Å². The second kappa shape index (κ2) is 5.44. The summed E-state index contributed by atoms with van der Waals surface area (Å²) in [6.45, 7) is 4.05. The highest BCUT2D eigenvalue weighted by atomic mass is 19.1. The summed E-state index contributed by atoms with van der Waals surface area (Å²) >= 11 is 0. The molecule has 0 atom stereocenters. The molecule has 21 heavy (non-hydrogen) atoms. The van der Waals surface area contributed by atoms with Gasteiger partial charge in [-0.3, -0.25) is 4.40 Å². The zero-order valence-electron chi connectivity index (χ0n) is 11.9. The fourth-order valence-electron chi connectivity index (χ4n) is 2.11. The number of fused-ring (bicyclic) bond motifs is 1. The lowest BCUT2D eigenvalue weighted by atomic mass is 10.1. The lowest BCUT2D eigenvalue weighted by Gasteiger charge is -2.01. The molecule has 2 aromatic heterocycles. The van der Waals surface area contributed by atoms with Crippen molar-refractivity contribution in [1.82, 2.24) is 9.38 Å². The molecule has 0 radical (unpaired) electrons. The van der Waals surface area contributed by atoms with Gasteiger partial charge in [0.05, 0.1) is 11.4 Å². The van der Waals surface area contributed by atoms with Gasteiger partial charge in [0.2, 0.25) is 0 Å². The normalized spacial score (nSPS) is 11.8. The van der Waals surface area contributed by atoms with E-state index >= 15 is 0 Å². The van der Waals surface area contributed by atoms with Gasteiger partial charge >= 0.3 is 0 Å². The summed E-state index contributed by atoms with van der Waals surface area (Å²) in [7, 11) is 0. The quantitative estimate of drug-likeness (QED) is 0.622. The number of benzene rings is 1. The molecule has 3 rings (SSSR count). The predicted molar refractivity (Wildman–Crippen MR) is 79.9 cm³/mol. The van der Waals surface area contributed by atoms with Crippen LogP contribution in [0.5, 0.6) is 0 Å². The van der Waals surface area contributed by atoms with Crippen molar-refractivity contribution in [3.05, 3.63) is 60.2 Å². The van der Waals surface area contributed by atoms with Crippen LogP contribution in [0, 0.1) is 5.82 Å². The third-order valence-corrected chi connectivity index (χ3v) is 3.15. The highest BCUT2D eigenvalue weighted by molar-refractivity contribution is 5.53. The first-order valence-corrected chi connectivity index (χ1v) is 6.79. The Morgan fingerprint density at radius 1 is 1.05 bits per heavy atom. The van der Waals surface area contributed by atoms with E-state index in [4.69, 9.17) is 0 Å². The van der Waals surface area contributed by atoms with Crippen LogP contribution in [-0.2, 0) is 0 Å². The molecule has 4 nitrogen and oxygen atoms in total. The Hall–Kier alpha value is -2.56. The predicted octanol–water partition coefficient (Wildman–Crippen LogP) is 5.01. The second-order valence-electron chi connectivity index (χ2n) is 5.09. The van der Waals surface area contributed by atoms with E-state index < -0.39 is 0 Å². The summed E-state index contributed by atoms with van der Waals surface area (Å²) < 4.78 is 15.1. The molecule has 0 unspecified atom stereocenters. The van der Waals surface area contributed by atoms with Crippen LogP contribution in [0.25, 0.3) is 5.65 Å². The molecule has 106 valence electrons. The Kier molecular flexibility index (Phi) is 3.48. The van der Waals surface area contributed by atoms with Crippen LogP contribution >= 0.6 is 0 Å². The lowest BCUT2D eigenvalue weighted by Crippen LogP contribution is -1.88. The van der Waals surface area contributed by atoms with Crippen molar-refractivity contribution in [3.8, 4) is 0 Å². The molecule has 0 saturated carbocycles. The monoisotopic (exact) mass is 282 g/mol. The van der Waals surface area contributed by atoms with E-state index in [-0.39, 0.29) is 11.7 Å². The largest absolute Gasteiger partial charge is 0.280 e. The van der Waals surface area contributed by atoms with E-state index in [2.05, 4.69) is 15.2 Å². The zero-order valence-corrected chi connectivity index (χ0v) is 11.9. The Morgan fingerprint density at radius 2 is 1.81 bits per heavy atom. The van der Waals surface area contributed by atoms with Gasteiger partial charge in [-0.25, -0.2) is 9.37 Å². The van der Waals surface area contributed by atoms with Crippen molar-refractivity contribution in [2.45, 2.75) is 19.8 Å². The van der Waals surface area contributed by atoms with Gasteiger partial charge in [0.1, 0.15) is 11.5 Å². The Labute approximate surface area is 122 Å². The molecule has 3 aromatic rings. The summed E-state index contributed by atoms with van der Waals surface area (Å²) in [4.78, 5) is 4.51. The molecule has 0 aliphatic carbocycles. The first-order valence-electron chi connectivity index (χ1n) is 6.79. The van der Waals surface area contributed by atoms with Crippen LogP contribution in [0.4, 0.5) is 15.9 Å². The maximum Gasteiger partial charge on any atom is 0.183 e. The van der Waals surface area contributed by atoms with Crippen molar-refractivity contribution in [3.63, 3.8) is 0 Å². The molecule has 0 N–H and O–H groups in total. The molecular formula is C16H15FN4. The number of rotatable bonds is 3. The average molecular weight is 282 g/mol. The number of hydrogen-bond donors (Lipinski definition) is 0. The van der Waals surface area contributed by atoms with Gasteiger partial charge in [0, 0.05) is 6.20 Å². The molecule has 0 amide bonds. The minimum atomic E-state index is -0.327. The number of halogens is 1. The molecule has 0 bridgehead atoms. The van der Waals surface area contributed by atoms with Crippen molar-refractivity contribution in [2.24, 2.45) is 10.2 Å². The molecule has 0 spiro atoms. The molecule has 0 fully saturated rings. The van der Waals surface area contributed by atoms with Gasteiger partial charge in [0.15, 0.2) is 5.82 Å². The summed E-state index contributed by atoms with van der Waals surface area (Å²) in [6.07, 6.45) is 1.38. The van der Waals surface area contributed by atoms with E-state index in [1.54, 1.807) is 10.5 Å². The number of imidazole rings is 1. The second-order valence-corrected chi connectivity index (χ2v) is 5.09. The van der Waals surface area contributed by atoms with Crippen molar-refractivity contribution in [1.29, 1.82) is 0 Å². The van der Waals surface area contributed by atoms with Crippen LogP contribution in [0.1, 0.15) is 25.5 Å². The maximum absolute atomic E-state index is 13.5. The maximum atomic E-state index is 13.5. The number of pyridine rings is 1. The number of azo groups is 1. The van der Waals surface area contributed by atoms with Gasteiger partial charge in [0.25, 0.3) is 0 Å². The number of hydrogen-bond acceptors (Lipinski definition) is 3. The highest BCUT2D eigenvalue weighted by Crippen LogP contribution is 2.29. The minimum Gasteiger partial charge on any atom is -0.280 e. The van der Waals surface area contributed by atoms with Crippen molar-refractivity contribution >= 4 is 17.2 Å². The minimum absolute atomic E-state index is 0.178. The standard InChI is InChI=1S/C16H15FN4/c1-11(2)15-16(20-19-13-6-4-3-5-7-13)21-10-12(17)8-9-14(21)18-15/h3-11H,1-2H3.